The number of nitrogens with one attached hydrogen (secondary N) is 1. The molecule has 146 valence electrons. The highest BCUT2D eigenvalue weighted by Crippen LogP contribution is 2.28. The van der Waals surface area contributed by atoms with Crippen LogP contribution >= 0.6 is 0 Å². The predicted molar refractivity (Wildman–Crippen MR) is 112 cm³/mol. The van der Waals surface area contributed by atoms with Crippen molar-refractivity contribution >= 4 is 16.9 Å². The number of fused-ring (bicyclic) bond motifs is 1. The minimum Gasteiger partial charge on any atom is -0.346 e. The second-order valence-corrected chi connectivity index (χ2v) is 7.83. The zero-order chi connectivity index (χ0) is 19.8. The van der Waals surface area contributed by atoms with Gasteiger partial charge in [-0.1, -0.05) is 18.2 Å². The lowest BCUT2D eigenvalue weighted by molar-refractivity contribution is 0.0742. The van der Waals surface area contributed by atoms with Crippen LogP contribution in [0.2, 0.25) is 0 Å². The highest BCUT2D eigenvalue weighted by Gasteiger charge is 2.33. The third-order valence-electron chi connectivity index (χ3n) is 5.82. The smallest absolute Gasteiger partial charge is 0.254 e. The molecule has 1 aliphatic rings. The summed E-state index contributed by atoms with van der Waals surface area (Å²) in [6.07, 6.45) is 6.74. The quantitative estimate of drug-likeness (QED) is 0.578. The number of rotatable bonds is 4. The Morgan fingerprint density at radius 2 is 2.03 bits per heavy atom. The lowest BCUT2D eigenvalue weighted by Crippen LogP contribution is -2.34. The van der Waals surface area contributed by atoms with Gasteiger partial charge in [0.25, 0.3) is 5.91 Å². The first-order chi connectivity index (χ1) is 14.2. The molecule has 1 N–H and O–H groups in total. The van der Waals surface area contributed by atoms with Crippen LogP contribution in [0.4, 0.5) is 0 Å². The summed E-state index contributed by atoms with van der Waals surface area (Å²) in [7, 11) is 0. The van der Waals surface area contributed by atoms with Crippen molar-refractivity contribution in [2.24, 2.45) is 5.92 Å². The van der Waals surface area contributed by atoms with Crippen LogP contribution in [0.15, 0.2) is 67.1 Å². The number of H-pyrrole nitrogens is 1. The number of carbonyl (C=O) groups excluding carboxylic acids is 1. The average molecular weight is 385 g/mol. The summed E-state index contributed by atoms with van der Waals surface area (Å²) in [5, 5.41) is 6.83. The van der Waals surface area contributed by atoms with Gasteiger partial charge in [0, 0.05) is 42.7 Å². The Morgan fingerprint density at radius 3 is 2.83 bits per heavy atom. The zero-order valence-electron chi connectivity index (χ0n) is 16.3. The van der Waals surface area contributed by atoms with Gasteiger partial charge >= 0.3 is 0 Å². The first kappa shape index (κ1) is 17.7. The minimum atomic E-state index is 0.129. The van der Waals surface area contributed by atoms with Gasteiger partial charge < -0.3 is 9.47 Å². The van der Waals surface area contributed by atoms with E-state index in [4.69, 9.17) is 4.98 Å². The minimum absolute atomic E-state index is 0.129. The molecule has 2 atom stereocenters. The summed E-state index contributed by atoms with van der Waals surface area (Å²) in [6.45, 7) is 3.82. The lowest BCUT2D eigenvalue weighted by atomic mass is 10.1. The third-order valence-corrected chi connectivity index (χ3v) is 5.82. The largest absolute Gasteiger partial charge is 0.346 e. The molecule has 0 spiro atoms. The highest BCUT2D eigenvalue weighted by molar-refractivity contribution is 5.94. The van der Waals surface area contributed by atoms with Gasteiger partial charge in [-0.05, 0) is 49.6 Å². The summed E-state index contributed by atoms with van der Waals surface area (Å²) in [5.41, 5.74) is 4.77. The van der Waals surface area contributed by atoms with Crippen molar-refractivity contribution in [1.82, 2.24) is 24.6 Å². The molecule has 0 aliphatic carbocycles. The molecule has 1 unspecified atom stereocenters. The van der Waals surface area contributed by atoms with Gasteiger partial charge in [0.05, 0.1) is 22.9 Å². The molecule has 0 saturated carbocycles. The molecule has 1 aromatic carbocycles. The fourth-order valence-electron chi connectivity index (χ4n) is 4.37. The zero-order valence-corrected chi connectivity index (χ0v) is 16.3. The number of likely N-dealkylation sites (tertiary alicyclic amines) is 1. The molecule has 1 fully saturated rings. The van der Waals surface area contributed by atoms with Crippen LogP contribution in [-0.2, 0) is 6.54 Å². The van der Waals surface area contributed by atoms with Crippen molar-refractivity contribution in [3.05, 3.63) is 72.7 Å². The van der Waals surface area contributed by atoms with Crippen molar-refractivity contribution in [2.75, 3.05) is 6.54 Å². The molecule has 0 radical (unpaired) electrons. The molecule has 1 aliphatic heterocycles. The van der Waals surface area contributed by atoms with E-state index in [1.807, 2.05) is 47.5 Å². The van der Waals surface area contributed by atoms with Gasteiger partial charge in [-0.15, -0.1) is 0 Å². The number of aromatic nitrogens is 4. The van der Waals surface area contributed by atoms with E-state index < -0.39 is 0 Å². The van der Waals surface area contributed by atoms with Crippen molar-refractivity contribution in [2.45, 2.75) is 25.9 Å². The van der Waals surface area contributed by atoms with E-state index in [0.717, 1.165) is 47.4 Å². The summed E-state index contributed by atoms with van der Waals surface area (Å²) < 4.78 is 2.26. The number of nitrogens with zero attached hydrogens (tertiary/aromatic N) is 4. The lowest BCUT2D eigenvalue weighted by Gasteiger charge is -2.21. The first-order valence-corrected chi connectivity index (χ1v) is 10.00. The maximum Gasteiger partial charge on any atom is 0.254 e. The van der Waals surface area contributed by atoms with E-state index in [1.54, 1.807) is 6.20 Å². The van der Waals surface area contributed by atoms with Crippen molar-refractivity contribution in [3.63, 3.8) is 0 Å². The van der Waals surface area contributed by atoms with Gasteiger partial charge in [-0.25, -0.2) is 4.98 Å². The van der Waals surface area contributed by atoms with Gasteiger partial charge in [-0.3, -0.25) is 9.89 Å². The standard InChI is InChI=1S/C23H23N5O/c1-16-11-17(15-28(16)23(29)18-5-3-2-4-6-18)14-27-10-9-21-22(27)8-7-20(26-21)19-12-24-25-13-19/h2-10,12-13,16-17H,11,14-15H2,1H3,(H,24,25)/t16-,17?/m0/s1. The van der Waals surface area contributed by atoms with E-state index in [9.17, 15) is 4.79 Å². The van der Waals surface area contributed by atoms with Crippen LogP contribution in [0.3, 0.4) is 0 Å². The molecule has 29 heavy (non-hydrogen) atoms. The average Bonchev–Trinajstić information content (AvgIpc) is 3.49. The Morgan fingerprint density at radius 1 is 1.17 bits per heavy atom. The van der Waals surface area contributed by atoms with Crippen LogP contribution in [0.5, 0.6) is 0 Å². The molecular weight excluding hydrogens is 362 g/mol. The van der Waals surface area contributed by atoms with E-state index in [0.29, 0.717) is 5.92 Å². The number of pyridine rings is 1. The van der Waals surface area contributed by atoms with E-state index in [2.05, 4.69) is 40.0 Å². The van der Waals surface area contributed by atoms with Crippen LogP contribution in [0, 0.1) is 5.92 Å². The fraction of sp³-hybridized carbons (Fsp3) is 0.261. The number of aromatic amines is 1. The molecule has 0 bridgehead atoms. The van der Waals surface area contributed by atoms with Crippen LogP contribution in [0.25, 0.3) is 22.3 Å². The number of hydrogen-bond donors (Lipinski definition) is 1. The molecule has 4 aromatic rings. The predicted octanol–water partition coefficient (Wildman–Crippen LogP) is 3.98. The van der Waals surface area contributed by atoms with Gasteiger partial charge in [0.15, 0.2) is 0 Å². The summed E-state index contributed by atoms with van der Waals surface area (Å²) >= 11 is 0. The third kappa shape index (κ3) is 3.31. The number of carbonyl (C=O) groups is 1. The maximum atomic E-state index is 12.9. The molecule has 3 aromatic heterocycles. The Kier molecular flexibility index (Phi) is 4.39. The molecule has 6 nitrogen and oxygen atoms in total. The molecule has 6 heteroatoms. The van der Waals surface area contributed by atoms with Gasteiger partial charge in [-0.2, -0.15) is 5.10 Å². The second-order valence-electron chi connectivity index (χ2n) is 7.83. The van der Waals surface area contributed by atoms with Crippen LogP contribution in [0.1, 0.15) is 23.7 Å². The van der Waals surface area contributed by atoms with E-state index >= 15 is 0 Å². The van der Waals surface area contributed by atoms with E-state index in [-0.39, 0.29) is 11.9 Å². The number of amides is 1. The van der Waals surface area contributed by atoms with Gasteiger partial charge in [0.2, 0.25) is 0 Å². The topological polar surface area (TPSA) is 66.8 Å². The Labute approximate surface area is 169 Å². The molecular formula is C23H23N5O. The molecule has 1 saturated heterocycles. The Hall–Kier alpha value is -3.41. The number of benzene rings is 1. The van der Waals surface area contributed by atoms with Crippen molar-refractivity contribution in [1.29, 1.82) is 0 Å². The summed E-state index contributed by atoms with van der Waals surface area (Å²) in [6, 6.07) is 16.0. The SMILES string of the molecule is C[C@H]1CC(Cn2ccc3nc(-c4cn[nH]c4)ccc32)CN1C(=O)c1ccccc1. The second kappa shape index (κ2) is 7.20. The van der Waals surface area contributed by atoms with Gasteiger partial charge in [0.1, 0.15) is 0 Å². The molecule has 4 heterocycles. The summed E-state index contributed by atoms with van der Waals surface area (Å²) in [5.74, 6) is 0.561. The van der Waals surface area contributed by atoms with Crippen LogP contribution < -0.4 is 0 Å². The van der Waals surface area contributed by atoms with E-state index in [1.165, 1.54) is 0 Å². The monoisotopic (exact) mass is 385 g/mol. The highest BCUT2D eigenvalue weighted by atomic mass is 16.2. The normalized spacial score (nSPS) is 19.1. The fourth-order valence-corrected chi connectivity index (χ4v) is 4.37. The Balaban J connectivity index is 1.33. The Bertz CT molecular complexity index is 1130. The maximum absolute atomic E-state index is 12.9. The first-order valence-electron chi connectivity index (χ1n) is 10.00. The van der Waals surface area contributed by atoms with Crippen molar-refractivity contribution < 1.29 is 4.79 Å². The summed E-state index contributed by atoms with van der Waals surface area (Å²) in [4.78, 5) is 19.6. The molecule has 5 rings (SSSR count). The molecule has 1 amide bonds. The number of hydrogen-bond acceptors (Lipinski definition) is 3. The van der Waals surface area contributed by atoms with Crippen LogP contribution in [-0.4, -0.2) is 43.1 Å². The van der Waals surface area contributed by atoms with Crippen molar-refractivity contribution in [3.8, 4) is 11.3 Å².